The number of unbranched alkanes of at least 4 members (excludes halogenated alkanes) is 18. The second-order valence-corrected chi connectivity index (χ2v) is 10.0. The zero-order valence-electron chi connectivity index (χ0n) is 23.1. The van der Waals surface area contributed by atoms with E-state index in [1.165, 1.54) is 116 Å². The van der Waals surface area contributed by atoms with Crippen LogP contribution in [0.4, 0.5) is 4.79 Å². The van der Waals surface area contributed by atoms with Gasteiger partial charge in [-0.3, -0.25) is 0 Å². The molecule has 0 saturated heterocycles. The number of hydrogen-bond donors (Lipinski definition) is 1. The van der Waals surface area contributed by atoms with Crippen molar-refractivity contribution >= 4 is 6.09 Å². The molecule has 0 saturated carbocycles. The first-order valence-corrected chi connectivity index (χ1v) is 15.0. The van der Waals surface area contributed by atoms with Crippen molar-refractivity contribution in [1.82, 2.24) is 4.90 Å². The number of rotatable bonds is 26. The van der Waals surface area contributed by atoms with Gasteiger partial charge in [-0.1, -0.05) is 134 Å². The molecule has 34 heavy (non-hydrogen) atoms. The Morgan fingerprint density at radius 2 is 0.882 bits per heavy atom. The summed E-state index contributed by atoms with van der Waals surface area (Å²) in [4.78, 5) is 13.1. The molecule has 0 heterocycles. The van der Waals surface area contributed by atoms with Crippen LogP contribution in [0.2, 0.25) is 0 Å². The van der Waals surface area contributed by atoms with E-state index >= 15 is 0 Å². The Labute approximate surface area is 213 Å². The topological polar surface area (TPSA) is 40.5 Å². The third-order valence-corrected chi connectivity index (χ3v) is 6.68. The van der Waals surface area contributed by atoms with Crippen LogP contribution in [0.3, 0.4) is 0 Å². The van der Waals surface area contributed by atoms with Crippen LogP contribution in [0.1, 0.15) is 155 Å². The smallest absolute Gasteiger partial charge is 0.407 e. The van der Waals surface area contributed by atoms with Crippen LogP contribution in [0, 0.1) is 0 Å². The molecule has 1 N–H and O–H groups in total. The molecule has 0 aliphatic carbocycles. The van der Waals surface area contributed by atoms with Gasteiger partial charge in [0.1, 0.15) is 0 Å². The van der Waals surface area contributed by atoms with Crippen molar-refractivity contribution in [1.29, 1.82) is 0 Å². The van der Waals surface area contributed by atoms with Crippen molar-refractivity contribution < 1.29 is 9.90 Å². The lowest BCUT2D eigenvalue weighted by Gasteiger charge is -2.19. The fraction of sp³-hybridized carbons (Fsp3) is 0.839. The molecule has 0 aromatic heterocycles. The van der Waals surface area contributed by atoms with Crippen LogP contribution in [0.15, 0.2) is 24.3 Å². The van der Waals surface area contributed by atoms with E-state index in [2.05, 4.69) is 38.2 Å². The minimum atomic E-state index is -0.737. The van der Waals surface area contributed by atoms with Gasteiger partial charge in [-0.25, -0.2) is 4.79 Å². The van der Waals surface area contributed by atoms with Crippen molar-refractivity contribution in [3.8, 4) is 0 Å². The second kappa shape index (κ2) is 28.0. The van der Waals surface area contributed by atoms with Gasteiger partial charge in [0.15, 0.2) is 0 Å². The Morgan fingerprint density at radius 1 is 0.529 bits per heavy atom. The highest BCUT2D eigenvalue weighted by Crippen LogP contribution is 2.12. The van der Waals surface area contributed by atoms with E-state index in [0.29, 0.717) is 13.1 Å². The van der Waals surface area contributed by atoms with E-state index in [1.54, 1.807) is 4.90 Å². The van der Waals surface area contributed by atoms with Crippen LogP contribution in [0.5, 0.6) is 0 Å². The van der Waals surface area contributed by atoms with Gasteiger partial charge in [0.25, 0.3) is 0 Å². The molecule has 0 radical (unpaired) electrons. The monoisotopic (exact) mass is 477 g/mol. The summed E-state index contributed by atoms with van der Waals surface area (Å²) in [7, 11) is 0. The van der Waals surface area contributed by atoms with E-state index < -0.39 is 6.09 Å². The average molecular weight is 478 g/mol. The third-order valence-electron chi connectivity index (χ3n) is 6.68. The summed E-state index contributed by atoms with van der Waals surface area (Å²) in [5.74, 6) is 0. The summed E-state index contributed by atoms with van der Waals surface area (Å²) in [6.07, 6.45) is 36.1. The number of hydrogen-bond acceptors (Lipinski definition) is 1. The van der Waals surface area contributed by atoms with Crippen molar-refractivity contribution in [2.75, 3.05) is 13.1 Å². The van der Waals surface area contributed by atoms with Crippen LogP contribution in [-0.2, 0) is 0 Å². The third kappa shape index (κ3) is 25.4. The van der Waals surface area contributed by atoms with Gasteiger partial charge >= 0.3 is 6.09 Å². The molecular formula is C31H59NO2. The molecule has 0 aliphatic heterocycles. The highest BCUT2D eigenvalue weighted by molar-refractivity contribution is 5.64. The Hall–Kier alpha value is -1.25. The van der Waals surface area contributed by atoms with Crippen molar-refractivity contribution in [2.24, 2.45) is 0 Å². The molecule has 200 valence electrons. The van der Waals surface area contributed by atoms with Gasteiger partial charge in [-0.2, -0.15) is 0 Å². The van der Waals surface area contributed by atoms with E-state index in [4.69, 9.17) is 0 Å². The van der Waals surface area contributed by atoms with Crippen LogP contribution >= 0.6 is 0 Å². The van der Waals surface area contributed by atoms with E-state index in [0.717, 1.165) is 25.7 Å². The van der Waals surface area contributed by atoms with Gasteiger partial charge in [0, 0.05) is 13.1 Å². The van der Waals surface area contributed by atoms with Crippen molar-refractivity contribution in [2.45, 2.75) is 155 Å². The van der Waals surface area contributed by atoms with Gasteiger partial charge in [0.2, 0.25) is 0 Å². The van der Waals surface area contributed by atoms with Gasteiger partial charge in [-0.05, 0) is 44.9 Å². The standard InChI is InChI=1S/C31H59NO2/c1-3-5-7-9-11-13-15-16-17-18-19-20-22-24-26-28-30-32(31(33)34)29-27-25-23-21-14-12-10-8-6-4-2/h11,13,16-17H,3-10,12,14-15,18-30H2,1-2H3,(H,33,34)/b13-11-,17-16-. The minimum absolute atomic E-state index is 0.710. The molecule has 3 heteroatoms. The second-order valence-electron chi connectivity index (χ2n) is 10.0. The van der Waals surface area contributed by atoms with Crippen LogP contribution < -0.4 is 0 Å². The van der Waals surface area contributed by atoms with Crippen molar-refractivity contribution in [3.05, 3.63) is 24.3 Å². The Kier molecular flexibility index (Phi) is 27.0. The molecular weight excluding hydrogens is 418 g/mol. The first-order chi connectivity index (χ1) is 16.7. The molecule has 0 fully saturated rings. The summed E-state index contributed by atoms with van der Waals surface area (Å²) in [6, 6.07) is 0. The lowest BCUT2D eigenvalue weighted by atomic mass is 10.1. The van der Waals surface area contributed by atoms with Gasteiger partial charge in [-0.15, -0.1) is 0 Å². The molecule has 0 aromatic carbocycles. The molecule has 0 aliphatic rings. The quantitative estimate of drug-likeness (QED) is 0.0993. The molecule has 0 bridgehead atoms. The molecule has 3 nitrogen and oxygen atoms in total. The Balaban J connectivity index is 3.49. The summed E-state index contributed by atoms with van der Waals surface area (Å²) < 4.78 is 0. The van der Waals surface area contributed by atoms with Crippen LogP contribution in [-0.4, -0.2) is 29.2 Å². The largest absolute Gasteiger partial charge is 0.465 e. The molecule has 0 rings (SSSR count). The molecule has 0 atom stereocenters. The normalized spacial score (nSPS) is 11.7. The van der Waals surface area contributed by atoms with Gasteiger partial charge in [0.05, 0.1) is 0 Å². The SMILES string of the molecule is CCCCC/C=C\C/C=C\CCCCCCCCN(CCCCCCCCCCCC)C(=O)O. The van der Waals surface area contributed by atoms with E-state index in [9.17, 15) is 9.90 Å². The number of carbonyl (C=O) groups is 1. The fourth-order valence-corrected chi connectivity index (χ4v) is 4.38. The van der Waals surface area contributed by atoms with Crippen molar-refractivity contribution in [3.63, 3.8) is 0 Å². The first-order valence-electron chi connectivity index (χ1n) is 15.0. The number of carboxylic acid groups (broad SMARTS) is 1. The Morgan fingerprint density at radius 3 is 1.32 bits per heavy atom. The minimum Gasteiger partial charge on any atom is -0.465 e. The fourth-order valence-electron chi connectivity index (χ4n) is 4.38. The maximum Gasteiger partial charge on any atom is 0.407 e. The van der Waals surface area contributed by atoms with E-state index in [1.807, 2.05) is 0 Å². The number of amides is 1. The number of allylic oxidation sites excluding steroid dienone is 4. The Bertz CT molecular complexity index is 472. The lowest BCUT2D eigenvalue weighted by Crippen LogP contribution is -2.31. The molecule has 0 spiro atoms. The molecule has 0 unspecified atom stereocenters. The summed E-state index contributed by atoms with van der Waals surface area (Å²) in [5.41, 5.74) is 0. The van der Waals surface area contributed by atoms with Gasteiger partial charge < -0.3 is 10.0 Å². The molecule has 1 amide bonds. The maximum atomic E-state index is 11.5. The highest BCUT2D eigenvalue weighted by atomic mass is 16.4. The summed E-state index contributed by atoms with van der Waals surface area (Å²) in [5, 5.41) is 9.46. The zero-order chi connectivity index (χ0) is 25.0. The summed E-state index contributed by atoms with van der Waals surface area (Å²) in [6.45, 7) is 5.94. The highest BCUT2D eigenvalue weighted by Gasteiger charge is 2.10. The van der Waals surface area contributed by atoms with E-state index in [-0.39, 0.29) is 0 Å². The lowest BCUT2D eigenvalue weighted by molar-refractivity contribution is 0.143. The first kappa shape index (κ1) is 32.8. The summed E-state index contributed by atoms with van der Waals surface area (Å²) >= 11 is 0. The number of nitrogens with zero attached hydrogens (tertiary/aromatic N) is 1. The molecule has 0 aromatic rings. The van der Waals surface area contributed by atoms with Crippen LogP contribution in [0.25, 0.3) is 0 Å². The zero-order valence-corrected chi connectivity index (χ0v) is 23.1. The average Bonchev–Trinajstić information content (AvgIpc) is 2.83. The predicted molar refractivity (Wildman–Crippen MR) is 151 cm³/mol. The predicted octanol–water partition coefficient (Wildman–Crippen LogP) is 10.7. The maximum absolute atomic E-state index is 11.5.